The maximum absolute atomic E-state index is 14.5. The number of aromatic nitrogens is 2. The number of hydrogen-bond donors (Lipinski definition) is 2. The van der Waals surface area contributed by atoms with Crippen LogP contribution in [0.1, 0.15) is 54.6 Å². The zero-order valence-electron chi connectivity index (χ0n) is 23.0. The Morgan fingerprint density at radius 2 is 2.00 bits per heavy atom. The number of carbonyl (C=O) groups is 1. The molecule has 4 aliphatic rings. The molecule has 42 heavy (non-hydrogen) atoms. The van der Waals surface area contributed by atoms with Crippen LogP contribution in [0.5, 0.6) is 11.8 Å². The molecule has 0 spiro atoms. The number of ether oxygens (including phenoxy) is 1. The number of halogens is 3. The lowest BCUT2D eigenvalue weighted by molar-refractivity contribution is 0.0996. The van der Waals surface area contributed by atoms with Gasteiger partial charge in [0.15, 0.2) is 0 Å². The summed E-state index contributed by atoms with van der Waals surface area (Å²) in [5.41, 5.74) is 0.604. The van der Waals surface area contributed by atoms with Crippen LogP contribution in [-0.2, 0) is 6.54 Å². The van der Waals surface area contributed by atoms with E-state index in [0.29, 0.717) is 66.7 Å². The first-order valence-electron chi connectivity index (χ1n) is 14.5. The molecule has 9 nitrogen and oxygen atoms in total. The van der Waals surface area contributed by atoms with Crippen LogP contribution in [0.15, 0.2) is 24.3 Å². The summed E-state index contributed by atoms with van der Waals surface area (Å²) in [6.07, 6.45) is 2.78. The minimum atomic E-state index is -0.895. The number of aliphatic hydroxyl groups excluding tert-OH is 1. The molecular weight excluding hydrogens is 568 g/mol. The standard InChI is InChI=1S/C30H32ClF2N5O4/c31-26-21(33)5-4-17-11-20(40)12-23(24(17)26)38-15-22-25(28(38)41)27(36-8-1-3-19(39)6-10-36)35-29(34-22)42-16-30-7-2-9-37(30)14-18(32)13-30/h4-5,11-12,18-19,39-40H,1-3,6-10,13-16H2/t18-,19?,30+/m1/s1. The van der Waals surface area contributed by atoms with E-state index in [-0.39, 0.29) is 35.6 Å². The van der Waals surface area contributed by atoms with Gasteiger partial charge in [0.1, 0.15) is 35.7 Å². The maximum Gasteiger partial charge on any atom is 0.318 e. The first-order valence-corrected chi connectivity index (χ1v) is 14.9. The summed E-state index contributed by atoms with van der Waals surface area (Å²) < 4.78 is 35.1. The Bertz CT molecular complexity index is 1580. The molecule has 3 aromatic rings. The maximum atomic E-state index is 14.5. The molecule has 3 atom stereocenters. The van der Waals surface area contributed by atoms with Crippen molar-refractivity contribution in [3.05, 3.63) is 46.4 Å². The third-order valence-corrected chi connectivity index (χ3v) is 9.57. The van der Waals surface area contributed by atoms with Gasteiger partial charge >= 0.3 is 6.01 Å². The third-order valence-electron chi connectivity index (χ3n) is 9.20. The zero-order valence-corrected chi connectivity index (χ0v) is 23.8. The van der Waals surface area contributed by atoms with E-state index in [4.69, 9.17) is 21.3 Å². The minimum absolute atomic E-state index is 0.0335. The largest absolute Gasteiger partial charge is 0.508 e. The molecule has 4 aliphatic heterocycles. The summed E-state index contributed by atoms with van der Waals surface area (Å²) in [7, 11) is 0. The van der Waals surface area contributed by atoms with Gasteiger partial charge in [-0.1, -0.05) is 17.7 Å². The average molecular weight is 600 g/mol. The van der Waals surface area contributed by atoms with Crippen molar-refractivity contribution in [2.45, 2.75) is 62.9 Å². The lowest BCUT2D eigenvalue weighted by Crippen LogP contribution is -2.43. The zero-order chi connectivity index (χ0) is 29.2. The molecule has 3 saturated heterocycles. The Kier molecular flexibility index (Phi) is 6.86. The molecule has 1 amide bonds. The highest BCUT2D eigenvalue weighted by Gasteiger charge is 2.49. The second kappa shape index (κ2) is 10.5. The highest BCUT2D eigenvalue weighted by atomic mass is 35.5. The smallest absolute Gasteiger partial charge is 0.318 e. The van der Waals surface area contributed by atoms with Gasteiger partial charge < -0.3 is 24.7 Å². The number of rotatable bonds is 5. The summed E-state index contributed by atoms with van der Waals surface area (Å²) in [5, 5.41) is 21.4. The van der Waals surface area contributed by atoms with Crippen LogP contribution < -0.4 is 14.5 Å². The van der Waals surface area contributed by atoms with Crippen molar-refractivity contribution in [3.8, 4) is 11.8 Å². The SMILES string of the molecule is O=C1c2c(nc(OC[C@@]34CCCN3C[C@H](F)C4)nc2N2CCCC(O)CC2)CN1c1cc(O)cc2ccc(F)c(Cl)c12. The molecule has 3 fully saturated rings. The molecule has 2 aromatic carbocycles. The number of carbonyl (C=O) groups excluding carboxylic acids is 1. The molecule has 0 bridgehead atoms. The van der Waals surface area contributed by atoms with Crippen LogP contribution in [0, 0.1) is 5.82 Å². The van der Waals surface area contributed by atoms with Gasteiger partial charge in [0.05, 0.1) is 34.6 Å². The van der Waals surface area contributed by atoms with Crippen molar-refractivity contribution in [3.63, 3.8) is 0 Å². The lowest BCUT2D eigenvalue weighted by atomic mass is 9.95. The molecule has 2 N–H and O–H groups in total. The van der Waals surface area contributed by atoms with Crippen LogP contribution in [0.2, 0.25) is 5.02 Å². The molecule has 7 rings (SSSR count). The van der Waals surface area contributed by atoms with Crippen molar-refractivity contribution < 1.29 is 28.5 Å². The molecular formula is C30H32ClF2N5O4. The second-order valence-corrected chi connectivity index (χ2v) is 12.3. The predicted molar refractivity (Wildman–Crippen MR) is 154 cm³/mol. The fourth-order valence-electron chi connectivity index (χ4n) is 7.16. The highest BCUT2D eigenvalue weighted by molar-refractivity contribution is 6.37. The number of hydrogen-bond acceptors (Lipinski definition) is 8. The number of phenols is 1. The number of phenolic OH excluding ortho intramolecular Hbond substituents is 1. The Hall–Kier alpha value is -3.28. The number of fused-ring (bicyclic) bond motifs is 3. The van der Waals surface area contributed by atoms with Gasteiger partial charge in [-0.25, -0.2) is 8.78 Å². The number of aromatic hydroxyl groups is 1. The molecule has 1 aromatic heterocycles. The summed E-state index contributed by atoms with van der Waals surface area (Å²) in [4.78, 5) is 29.0. The van der Waals surface area contributed by atoms with E-state index in [2.05, 4.69) is 9.88 Å². The predicted octanol–water partition coefficient (Wildman–Crippen LogP) is 4.59. The Labute approximate surface area is 246 Å². The number of benzene rings is 2. The summed E-state index contributed by atoms with van der Waals surface area (Å²) in [6, 6.07) is 5.69. The summed E-state index contributed by atoms with van der Waals surface area (Å²) in [6.45, 7) is 2.59. The highest BCUT2D eigenvalue weighted by Crippen LogP contribution is 2.43. The van der Waals surface area contributed by atoms with Crippen LogP contribution in [-0.4, -0.2) is 81.6 Å². The van der Waals surface area contributed by atoms with Gasteiger partial charge in [-0.15, -0.1) is 0 Å². The first-order chi connectivity index (χ1) is 20.2. The van der Waals surface area contributed by atoms with Gasteiger partial charge in [0.2, 0.25) is 0 Å². The molecule has 1 unspecified atom stereocenters. The van der Waals surface area contributed by atoms with E-state index < -0.39 is 29.5 Å². The van der Waals surface area contributed by atoms with Gasteiger partial charge in [0, 0.05) is 37.5 Å². The number of nitrogens with zero attached hydrogens (tertiary/aromatic N) is 5. The van der Waals surface area contributed by atoms with E-state index >= 15 is 0 Å². The van der Waals surface area contributed by atoms with Crippen molar-refractivity contribution in [1.29, 1.82) is 0 Å². The topological polar surface area (TPSA) is 102 Å². The molecule has 222 valence electrons. The number of aliphatic hydroxyl groups is 1. The number of amides is 1. The summed E-state index contributed by atoms with van der Waals surface area (Å²) in [5.74, 6) is -0.722. The normalized spacial score (nSPS) is 26.1. The number of anilines is 2. The van der Waals surface area contributed by atoms with Crippen LogP contribution in [0.4, 0.5) is 20.3 Å². The van der Waals surface area contributed by atoms with Crippen molar-refractivity contribution in [2.75, 3.05) is 42.6 Å². The van der Waals surface area contributed by atoms with E-state index in [9.17, 15) is 23.8 Å². The quantitative estimate of drug-likeness (QED) is 0.439. The van der Waals surface area contributed by atoms with Gasteiger partial charge in [0.25, 0.3) is 5.91 Å². The minimum Gasteiger partial charge on any atom is -0.508 e. The van der Waals surface area contributed by atoms with Crippen molar-refractivity contribution >= 4 is 39.8 Å². The second-order valence-electron chi connectivity index (χ2n) is 11.9. The molecule has 0 radical (unpaired) electrons. The average Bonchev–Trinajstić information content (AvgIpc) is 3.53. The first kappa shape index (κ1) is 27.5. The van der Waals surface area contributed by atoms with E-state index in [0.717, 1.165) is 25.8 Å². The van der Waals surface area contributed by atoms with E-state index in [1.165, 1.54) is 29.2 Å². The van der Waals surface area contributed by atoms with Gasteiger partial charge in [-0.05, 0) is 56.2 Å². The van der Waals surface area contributed by atoms with Gasteiger partial charge in [-0.3, -0.25) is 9.69 Å². The fourth-order valence-corrected chi connectivity index (χ4v) is 7.43. The molecule has 12 heteroatoms. The molecule has 0 aliphatic carbocycles. The Morgan fingerprint density at radius 1 is 1.14 bits per heavy atom. The van der Waals surface area contributed by atoms with Crippen LogP contribution in [0.25, 0.3) is 10.8 Å². The third kappa shape index (κ3) is 4.62. The Balaban J connectivity index is 1.28. The van der Waals surface area contributed by atoms with Crippen molar-refractivity contribution in [1.82, 2.24) is 14.9 Å². The monoisotopic (exact) mass is 599 g/mol. The Morgan fingerprint density at radius 3 is 2.86 bits per heavy atom. The lowest BCUT2D eigenvalue weighted by Gasteiger charge is -2.31. The fraction of sp³-hybridized carbons (Fsp3) is 0.500. The van der Waals surface area contributed by atoms with E-state index in [1.807, 2.05) is 4.90 Å². The molecule has 5 heterocycles. The van der Waals surface area contributed by atoms with Crippen LogP contribution in [0.3, 0.4) is 0 Å². The summed E-state index contributed by atoms with van der Waals surface area (Å²) >= 11 is 6.38. The van der Waals surface area contributed by atoms with Crippen LogP contribution >= 0.6 is 11.6 Å². The van der Waals surface area contributed by atoms with Crippen molar-refractivity contribution in [2.24, 2.45) is 0 Å². The molecule has 0 saturated carbocycles. The van der Waals surface area contributed by atoms with Gasteiger partial charge in [-0.2, -0.15) is 9.97 Å². The van der Waals surface area contributed by atoms with E-state index in [1.54, 1.807) is 0 Å². The number of alkyl halides is 1.